The van der Waals surface area contributed by atoms with E-state index in [9.17, 15) is 13.2 Å². The third-order valence-corrected chi connectivity index (χ3v) is 4.50. The van der Waals surface area contributed by atoms with Gasteiger partial charge in [-0.15, -0.1) is 0 Å². The molecule has 2 rings (SSSR count). The third kappa shape index (κ3) is 3.28. The maximum atomic E-state index is 11.8. The van der Waals surface area contributed by atoms with Gasteiger partial charge in [0.25, 0.3) is 9.05 Å². The number of rotatable bonds is 4. The number of aromatic nitrogens is 2. The van der Waals surface area contributed by atoms with E-state index in [-0.39, 0.29) is 12.2 Å². The Labute approximate surface area is 134 Å². The van der Waals surface area contributed by atoms with Crippen molar-refractivity contribution in [3.63, 3.8) is 0 Å². The summed E-state index contributed by atoms with van der Waals surface area (Å²) in [5.74, 6) is -0.796. The molecule has 0 saturated carbocycles. The van der Waals surface area contributed by atoms with Gasteiger partial charge >= 0.3 is 5.97 Å². The maximum Gasteiger partial charge on any atom is 0.342 e. The zero-order valence-electron chi connectivity index (χ0n) is 10.8. The molecule has 0 aliphatic carbocycles. The van der Waals surface area contributed by atoms with E-state index in [1.165, 1.54) is 0 Å². The van der Waals surface area contributed by atoms with Crippen molar-refractivity contribution in [1.82, 2.24) is 9.78 Å². The SMILES string of the molecule is CCOC(=O)c1cnn(-c2ccccc2Br)c1S(=O)(=O)Cl. The van der Waals surface area contributed by atoms with Gasteiger partial charge in [0.05, 0.1) is 18.5 Å². The topological polar surface area (TPSA) is 78.3 Å². The zero-order chi connectivity index (χ0) is 15.6. The van der Waals surface area contributed by atoms with Crippen molar-refractivity contribution in [2.24, 2.45) is 0 Å². The normalized spacial score (nSPS) is 11.4. The summed E-state index contributed by atoms with van der Waals surface area (Å²) < 4.78 is 30.1. The number of halogens is 2. The highest BCUT2D eigenvalue weighted by Crippen LogP contribution is 2.27. The quantitative estimate of drug-likeness (QED) is 0.589. The molecular formula is C12H10BrClN2O4S. The molecule has 21 heavy (non-hydrogen) atoms. The first-order valence-electron chi connectivity index (χ1n) is 5.81. The van der Waals surface area contributed by atoms with Crippen LogP contribution in [0.4, 0.5) is 0 Å². The Balaban J connectivity index is 2.70. The van der Waals surface area contributed by atoms with Gasteiger partial charge in [-0.3, -0.25) is 0 Å². The van der Waals surface area contributed by atoms with Gasteiger partial charge in [-0.1, -0.05) is 12.1 Å². The molecule has 0 saturated heterocycles. The highest BCUT2D eigenvalue weighted by molar-refractivity contribution is 9.10. The number of para-hydroxylation sites is 1. The number of esters is 1. The number of benzene rings is 1. The molecule has 0 fully saturated rings. The fourth-order valence-corrected chi connectivity index (χ4v) is 3.36. The molecule has 112 valence electrons. The number of carbonyl (C=O) groups is 1. The summed E-state index contributed by atoms with van der Waals surface area (Å²) in [5, 5.41) is 3.52. The minimum atomic E-state index is -4.20. The van der Waals surface area contributed by atoms with E-state index in [1.807, 2.05) is 0 Å². The second kappa shape index (κ2) is 6.17. The second-order valence-corrected chi connectivity index (χ2v) is 7.22. The lowest BCUT2D eigenvalue weighted by Crippen LogP contribution is -2.12. The standard InChI is InChI=1S/C12H10BrClN2O4S/c1-2-20-12(17)8-7-15-16(11(8)21(14,18)19)10-6-4-3-5-9(10)13/h3-7H,2H2,1H3. The van der Waals surface area contributed by atoms with Crippen LogP contribution in [0.25, 0.3) is 5.69 Å². The second-order valence-electron chi connectivity index (χ2n) is 3.88. The minimum absolute atomic E-state index is 0.112. The van der Waals surface area contributed by atoms with E-state index in [1.54, 1.807) is 31.2 Å². The van der Waals surface area contributed by atoms with Crippen LogP contribution in [0, 0.1) is 0 Å². The molecule has 0 atom stereocenters. The first-order chi connectivity index (χ1) is 9.86. The van der Waals surface area contributed by atoms with Crippen LogP contribution in [-0.4, -0.2) is 30.8 Å². The van der Waals surface area contributed by atoms with Crippen LogP contribution >= 0.6 is 26.6 Å². The smallest absolute Gasteiger partial charge is 0.342 e. The molecule has 9 heteroatoms. The molecular weight excluding hydrogens is 384 g/mol. The lowest BCUT2D eigenvalue weighted by Gasteiger charge is -2.08. The first kappa shape index (κ1) is 16.0. The summed E-state index contributed by atoms with van der Waals surface area (Å²) in [6.45, 7) is 1.73. The van der Waals surface area contributed by atoms with Gasteiger partial charge in [0.15, 0.2) is 5.03 Å². The van der Waals surface area contributed by atoms with Gasteiger partial charge in [-0.25, -0.2) is 17.9 Å². The summed E-state index contributed by atoms with van der Waals surface area (Å²) in [7, 11) is 1.25. The van der Waals surface area contributed by atoms with Crippen LogP contribution in [0.3, 0.4) is 0 Å². The van der Waals surface area contributed by atoms with Crippen molar-refractivity contribution in [2.75, 3.05) is 6.61 Å². The molecule has 0 aliphatic rings. The average Bonchev–Trinajstić information content (AvgIpc) is 2.84. The van der Waals surface area contributed by atoms with E-state index in [4.69, 9.17) is 15.4 Å². The molecule has 0 spiro atoms. The monoisotopic (exact) mass is 392 g/mol. The molecule has 0 N–H and O–H groups in total. The van der Waals surface area contributed by atoms with E-state index >= 15 is 0 Å². The maximum absolute atomic E-state index is 11.8. The largest absolute Gasteiger partial charge is 0.462 e. The first-order valence-corrected chi connectivity index (χ1v) is 8.91. The van der Waals surface area contributed by atoms with Crippen molar-refractivity contribution in [2.45, 2.75) is 11.9 Å². The van der Waals surface area contributed by atoms with Crippen molar-refractivity contribution in [1.29, 1.82) is 0 Å². The predicted octanol–water partition coefficient (Wildman–Crippen LogP) is 2.74. The predicted molar refractivity (Wildman–Crippen MR) is 80.3 cm³/mol. The molecule has 1 aromatic carbocycles. The molecule has 0 radical (unpaired) electrons. The van der Waals surface area contributed by atoms with Crippen LogP contribution in [0.1, 0.15) is 17.3 Å². The Bertz CT molecular complexity index is 788. The molecule has 1 aromatic heterocycles. The van der Waals surface area contributed by atoms with Crippen LogP contribution in [0.2, 0.25) is 0 Å². The van der Waals surface area contributed by atoms with Crippen LogP contribution < -0.4 is 0 Å². The molecule has 0 unspecified atom stereocenters. The van der Waals surface area contributed by atoms with Gasteiger partial charge in [0.2, 0.25) is 0 Å². The number of carbonyl (C=O) groups excluding carboxylic acids is 1. The number of hydrogen-bond donors (Lipinski definition) is 0. The van der Waals surface area contributed by atoms with Crippen LogP contribution in [-0.2, 0) is 13.8 Å². The van der Waals surface area contributed by atoms with Crippen molar-refractivity contribution in [3.05, 3.63) is 40.5 Å². The summed E-state index contributed by atoms with van der Waals surface area (Å²) in [4.78, 5) is 11.8. The summed E-state index contributed by atoms with van der Waals surface area (Å²) in [6.07, 6.45) is 1.12. The fraction of sp³-hybridized carbons (Fsp3) is 0.167. The minimum Gasteiger partial charge on any atom is -0.462 e. The van der Waals surface area contributed by atoms with E-state index in [2.05, 4.69) is 21.0 Å². The number of hydrogen-bond acceptors (Lipinski definition) is 5. The summed E-state index contributed by atoms with van der Waals surface area (Å²) in [5.41, 5.74) is 0.231. The number of nitrogens with zero attached hydrogens (tertiary/aromatic N) is 2. The average molecular weight is 394 g/mol. The Kier molecular flexibility index (Phi) is 4.70. The van der Waals surface area contributed by atoms with E-state index in [0.29, 0.717) is 10.2 Å². The third-order valence-electron chi connectivity index (χ3n) is 2.53. The molecule has 6 nitrogen and oxygen atoms in total. The molecule has 1 heterocycles. The fourth-order valence-electron chi connectivity index (χ4n) is 1.72. The van der Waals surface area contributed by atoms with Crippen LogP contribution in [0.5, 0.6) is 0 Å². The van der Waals surface area contributed by atoms with Crippen LogP contribution in [0.15, 0.2) is 40.0 Å². The Morgan fingerprint density at radius 1 is 1.43 bits per heavy atom. The van der Waals surface area contributed by atoms with Gasteiger partial charge in [0.1, 0.15) is 5.56 Å². The molecule has 0 bridgehead atoms. The lowest BCUT2D eigenvalue weighted by atomic mass is 10.3. The van der Waals surface area contributed by atoms with Gasteiger partial charge in [-0.2, -0.15) is 5.10 Å². The molecule has 0 aliphatic heterocycles. The highest BCUT2D eigenvalue weighted by Gasteiger charge is 2.29. The van der Waals surface area contributed by atoms with E-state index < -0.39 is 20.0 Å². The highest BCUT2D eigenvalue weighted by atomic mass is 79.9. The Morgan fingerprint density at radius 3 is 2.67 bits per heavy atom. The summed E-state index contributed by atoms with van der Waals surface area (Å²) >= 11 is 3.30. The summed E-state index contributed by atoms with van der Waals surface area (Å²) in [6, 6.07) is 6.82. The lowest BCUT2D eigenvalue weighted by molar-refractivity contribution is 0.0521. The Hall–Kier alpha value is -1.38. The van der Waals surface area contributed by atoms with Crippen molar-refractivity contribution >= 4 is 41.6 Å². The van der Waals surface area contributed by atoms with Gasteiger partial charge < -0.3 is 4.74 Å². The van der Waals surface area contributed by atoms with E-state index in [0.717, 1.165) is 10.9 Å². The number of ether oxygens (including phenoxy) is 1. The van der Waals surface area contributed by atoms with Gasteiger partial charge in [0, 0.05) is 15.2 Å². The van der Waals surface area contributed by atoms with Crippen molar-refractivity contribution < 1.29 is 17.9 Å². The Morgan fingerprint density at radius 2 is 2.10 bits per heavy atom. The molecule has 0 amide bonds. The molecule has 2 aromatic rings. The van der Waals surface area contributed by atoms with Crippen molar-refractivity contribution in [3.8, 4) is 5.69 Å². The van der Waals surface area contributed by atoms with Gasteiger partial charge in [-0.05, 0) is 35.0 Å². The zero-order valence-corrected chi connectivity index (χ0v) is 13.9.